The second-order valence-electron chi connectivity index (χ2n) is 4.36. The third-order valence-corrected chi connectivity index (χ3v) is 6.42. The van der Waals surface area contributed by atoms with Gasteiger partial charge in [-0.05, 0) is 67.9 Å². The van der Waals surface area contributed by atoms with Crippen molar-refractivity contribution in [1.82, 2.24) is 0 Å². The maximum absolute atomic E-state index is 12.3. The van der Waals surface area contributed by atoms with Crippen molar-refractivity contribution in [1.29, 1.82) is 0 Å². The Labute approximate surface area is 145 Å². The number of rotatable bonds is 1. The van der Waals surface area contributed by atoms with Gasteiger partial charge in [-0.3, -0.25) is 4.79 Å². The summed E-state index contributed by atoms with van der Waals surface area (Å²) in [5, 5.41) is 4.92. The summed E-state index contributed by atoms with van der Waals surface area (Å²) in [6, 6.07) is 3.94. The van der Waals surface area contributed by atoms with Crippen molar-refractivity contribution in [2.45, 2.75) is 6.92 Å². The molecule has 1 amide bonds. The third kappa shape index (κ3) is 2.32. The standard InChI is InChI=1S/C14H8Br3NOS/c1-6-9(16)5-10(17)13-12(6)7(14(19)18-13)4-11-8(15)2-3-20-11/h2-5H,1H3,(H,18,19). The minimum Gasteiger partial charge on any atom is -0.320 e. The fourth-order valence-electron chi connectivity index (χ4n) is 2.15. The Hall–Kier alpha value is -0.430. The Kier molecular flexibility index (Phi) is 3.92. The second kappa shape index (κ2) is 5.40. The quantitative estimate of drug-likeness (QED) is 0.514. The van der Waals surface area contributed by atoms with Gasteiger partial charge >= 0.3 is 0 Å². The summed E-state index contributed by atoms with van der Waals surface area (Å²) in [4.78, 5) is 13.3. The number of thiophene rings is 1. The molecular weight excluding hydrogens is 470 g/mol. The molecule has 0 aliphatic carbocycles. The van der Waals surface area contributed by atoms with E-state index in [4.69, 9.17) is 0 Å². The van der Waals surface area contributed by atoms with Gasteiger partial charge in [-0.15, -0.1) is 11.3 Å². The molecule has 0 saturated heterocycles. The minimum absolute atomic E-state index is 0.0674. The molecule has 0 spiro atoms. The van der Waals surface area contributed by atoms with Crippen LogP contribution < -0.4 is 5.32 Å². The number of nitrogens with one attached hydrogen (secondary N) is 1. The van der Waals surface area contributed by atoms with Gasteiger partial charge in [0, 0.05) is 23.9 Å². The number of benzene rings is 1. The van der Waals surface area contributed by atoms with Crippen LogP contribution in [0.1, 0.15) is 16.0 Å². The van der Waals surface area contributed by atoms with Crippen LogP contribution in [-0.2, 0) is 4.79 Å². The monoisotopic (exact) mass is 475 g/mol. The summed E-state index contributed by atoms with van der Waals surface area (Å²) in [5.41, 5.74) is 3.55. The van der Waals surface area contributed by atoms with Crippen LogP contribution in [0.15, 0.2) is 30.9 Å². The van der Waals surface area contributed by atoms with Gasteiger partial charge in [0.1, 0.15) is 0 Å². The van der Waals surface area contributed by atoms with Crippen molar-refractivity contribution < 1.29 is 4.79 Å². The molecule has 2 nitrogen and oxygen atoms in total. The fourth-order valence-corrected chi connectivity index (χ4v) is 4.83. The van der Waals surface area contributed by atoms with Crippen LogP contribution >= 0.6 is 59.1 Å². The van der Waals surface area contributed by atoms with E-state index in [9.17, 15) is 4.79 Å². The highest BCUT2D eigenvalue weighted by molar-refractivity contribution is 9.11. The maximum atomic E-state index is 12.3. The minimum atomic E-state index is -0.0674. The fraction of sp³-hybridized carbons (Fsp3) is 0.0714. The summed E-state index contributed by atoms with van der Waals surface area (Å²) < 4.78 is 2.87. The molecule has 0 radical (unpaired) electrons. The van der Waals surface area contributed by atoms with E-state index in [0.717, 1.165) is 35.1 Å². The van der Waals surface area contributed by atoms with Crippen molar-refractivity contribution in [3.63, 3.8) is 0 Å². The van der Waals surface area contributed by atoms with Crippen LogP contribution in [-0.4, -0.2) is 5.91 Å². The van der Waals surface area contributed by atoms with Crippen LogP contribution in [0, 0.1) is 6.92 Å². The molecule has 1 aliphatic rings. The molecular formula is C14H8Br3NOS. The molecule has 1 aromatic carbocycles. The van der Waals surface area contributed by atoms with Gasteiger partial charge < -0.3 is 5.32 Å². The number of carbonyl (C=O) groups excluding carboxylic acids is 1. The highest BCUT2D eigenvalue weighted by Gasteiger charge is 2.29. The summed E-state index contributed by atoms with van der Waals surface area (Å²) in [6.45, 7) is 2.01. The van der Waals surface area contributed by atoms with Gasteiger partial charge in [-0.1, -0.05) is 15.9 Å². The number of hydrogen-bond acceptors (Lipinski definition) is 2. The maximum Gasteiger partial charge on any atom is 0.256 e. The molecule has 1 aliphatic heterocycles. The number of hydrogen-bond donors (Lipinski definition) is 1. The van der Waals surface area contributed by atoms with Crippen LogP contribution in [0.4, 0.5) is 5.69 Å². The Morgan fingerprint density at radius 3 is 2.60 bits per heavy atom. The van der Waals surface area contributed by atoms with Crippen LogP contribution in [0.3, 0.4) is 0 Å². The Balaban J connectivity index is 2.25. The van der Waals surface area contributed by atoms with Gasteiger partial charge in [0.05, 0.1) is 11.3 Å². The average Bonchev–Trinajstić information content (AvgIpc) is 2.93. The van der Waals surface area contributed by atoms with Crippen molar-refractivity contribution in [3.05, 3.63) is 46.9 Å². The first-order valence-electron chi connectivity index (χ1n) is 5.74. The van der Waals surface area contributed by atoms with E-state index in [2.05, 4.69) is 53.1 Å². The molecule has 2 heterocycles. The first kappa shape index (κ1) is 14.5. The van der Waals surface area contributed by atoms with Crippen LogP contribution in [0.25, 0.3) is 11.6 Å². The molecule has 3 rings (SSSR count). The topological polar surface area (TPSA) is 29.1 Å². The van der Waals surface area contributed by atoms with Crippen molar-refractivity contribution in [2.75, 3.05) is 5.32 Å². The molecule has 0 atom stereocenters. The first-order valence-corrected chi connectivity index (χ1v) is 9.00. The summed E-state index contributed by atoms with van der Waals surface area (Å²) in [5.74, 6) is -0.0674. The number of fused-ring (bicyclic) bond motifs is 1. The molecule has 20 heavy (non-hydrogen) atoms. The molecule has 0 saturated carbocycles. The van der Waals surface area contributed by atoms with E-state index >= 15 is 0 Å². The SMILES string of the molecule is Cc1c(Br)cc(Br)c2c1C(=Cc1sccc1Br)C(=O)N2. The summed E-state index contributed by atoms with van der Waals surface area (Å²) in [6.07, 6.45) is 1.93. The lowest BCUT2D eigenvalue weighted by Gasteiger charge is -2.08. The lowest BCUT2D eigenvalue weighted by atomic mass is 10.0. The molecule has 0 fully saturated rings. The average molecular weight is 478 g/mol. The summed E-state index contributed by atoms with van der Waals surface area (Å²) >= 11 is 12.1. The highest BCUT2D eigenvalue weighted by Crippen LogP contribution is 2.44. The third-order valence-electron chi connectivity index (χ3n) is 3.15. The van der Waals surface area contributed by atoms with Crippen LogP contribution in [0.2, 0.25) is 0 Å². The van der Waals surface area contributed by atoms with Crippen molar-refractivity contribution in [3.8, 4) is 0 Å². The van der Waals surface area contributed by atoms with E-state index in [1.54, 1.807) is 11.3 Å². The predicted octanol–water partition coefficient (Wildman–Crippen LogP) is 5.84. The van der Waals surface area contributed by atoms with E-state index in [0.29, 0.717) is 5.57 Å². The molecule has 2 aromatic rings. The second-order valence-corrected chi connectivity index (χ2v) is 7.87. The zero-order valence-electron chi connectivity index (χ0n) is 10.3. The zero-order valence-corrected chi connectivity index (χ0v) is 15.8. The van der Waals surface area contributed by atoms with Gasteiger partial charge in [0.2, 0.25) is 0 Å². The molecule has 1 aromatic heterocycles. The number of carbonyl (C=O) groups is 1. The van der Waals surface area contributed by atoms with E-state index < -0.39 is 0 Å². The van der Waals surface area contributed by atoms with Gasteiger partial charge in [-0.25, -0.2) is 0 Å². The smallest absolute Gasteiger partial charge is 0.256 e. The van der Waals surface area contributed by atoms with Gasteiger partial charge in [-0.2, -0.15) is 0 Å². The van der Waals surface area contributed by atoms with Gasteiger partial charge in [0.25, 0.3) is 5.91 Å². The van der Waals surface area contributed by atoms with Crippen molar-refractivity contribution in [2.24, 2.45) is 0 Å². The molecule has 0 bridgehead atoms. The van der Waals surface area contributed by atoms with Gasteiger partial charge in [0.15, 0.2) is 0 Å². The molecule has 102 valence electrons. The highest BCUT2D eigenvalue weighted by atomic mass is 79.9. The Morgan fingerprint density at radius 2 is 1.95 bits per heavy atom. The van der Waals surface area contributed by atoms with E-state index in [-0.39, 0.29) is 5.91 Å². The predicted molar refractivity (Wildman–Crippen MR) is 95.1 cm³/mol. The molecule has 0 unspecified atom stereocenters. The Bertz CT molecular complexity index is 764. The zero-order chi connectivity index (χ0) is 14.4. The molecule has 6 heteroatoms. The van der Waals surface area contributed by atoms with E-state index in [1.807, 2.05) is 30.5 Å². The number of amides is 1. The number of halogens is 3. The lowest BCUT2D eigenvalue weighted by Crippen LogP contribution is -2.03. The van der Waals surface area contributed by atoms with E-state index in [1.165, 1.54) is 0 Å². The first-order chi connectivity index (χ1) is 9.49. The summed E-state index contributed by atoms with van der Waals surface area (Å²) in [7, 11) is 0. The number of anilines is 1. The largest absolute Gasteiger partial charge is 0.320 e. The van der Waals surface area contributed by atoms with Crippen molar-refractivity contribution >= 4 is 82.4 Å². The molecule has 1 N–H and O–H groups in total. The normalized spacial score (nSPS) is 15.6. The Morgan fingerprint density at radius 1 is 1.20 bits per heavy atom. The van der Waals surface area contributed by atoms with Crippen LogP contribution in [0.5, 0.6) is 0 Å². The lowest BCUT2D eigenvalue weighted by molar-refractivity contribution is -0.110.